The number of carboxylic acids is 1. The molecule has 5 heteroatoms. The molecule has 0 radical (unpaired) electrons. The van der Waals surface area contributed by atoms with Crippen LogP contribution in [0.5, 0.6) is 0 Å². The Morgan fingerprint density at radius 1 is 1.35 bits per heavy atom. The fourth-order valence-electron chi connectivity index (χ4n) is 2.52. The van der Waals surface area contributed by atoms with Crippen LogP contribution in [-0.2, 0) is 14.3 Å². The van der Waals surface area contributed by atoms with Gasteiger partial charge >= 0.3 is 11.9 Å². The second-order valence-corrected chi connectivity index (χ2v) is 5.03. The Labute approximate surface area is 118 Å². The minimum Gasteiger partial charge on any atom is -0.480 e. The number of nitrogens with zero attached hydrogens (tertiary/aromatic N) is 1. The normalized spacial score (nSPS) is 17.2. The molecule has 1 saturated heterocycles. The first-order valence-electron chi connectivity index (χ1n) is 6.70. The Hall–Kier alpha value is -1.88. The second-order valence-electron chi connectivity index (χ2n) is 5.03. The quantitative estimate of drug-likeness (QED) is 0.798. The zero-order valence-electron chi connectivity index (χ0n) is 11.5. The molecule has 1 unspecified atom stereocenters. The smallest absolute Gasteiger partial charge is 0.320 e. The van der Waals surface area contributed by atoms with E-state index in [9.17, 15) is 14.7 Å². The van der Waals surface area contributed by atoms with Crippen LogP contribution in [0.1, 0.15) is 24.3 Å². The molecule has 0 aromatic heterocycles. The van der Waals surface area contributed by atoms with Gasteiger partial charge in [0.15, 0.2) is 0 Å². The summed E-state index contributed by atoms with van der Waals surface area (Å²) in [4.78, 5) is 24.3. The molecule has 1 N–H and O–H groups in total. The third-order valence-electron chi connectivity index (χ3n) is 3.76. The molecule has 0 amide bonds. The molecule has 0 saturated carbocycles. The number of esters is 1. The van der Waals surface area contributed by atoms with Crippen molar-refractivity contribution < 1.29 is 19.4 Å². The van der Waals surface area contributed by atoms with Crippen LogP contribution in [0.25, 0.3) is 0 Å². The summed E-state index contributed by atoms with van der Waals surface area (Å²) in [6.45, 7) is 1.45. The van der Waals surface area contributed by atoms with Crippen molar-refractivity contribution in [3.8, 4) is 0 Å². The predicted octanol–water partition coefficient (Wildman–Crippen LogP) is 1.49. The summed E-state index contributed by atoms with van der Waals surface area (Å²) in [5.41, 5.74) is 1.24. The topological polar surface area (TPSA) is 66.8 Å². The number of carbonyl (C=O) groups excluding carboxylic acids is 1. The van der Waals surface area contributed by atoms with Gasteiger partial charge in [0.25, 0.3) is 0 Å². The molecule has 0 bridgehead atoms. The minimum absolute atomic E-state index is 0.139. The maximum absolute atomic E-state index is 11.3. The van der Waals surface area contributed by atoms with E-state index in [4.69, 9.17) is 0 Å². The van der Waals surface area contributed by atoms with E-state index < -0.39 is 12.0 Å². The van der Waals surface area contributed by atoms with Gasteiger partial charge in [0.1, 0.15) is 6.04 Å². The second kappa shape index (κ2) is 6.52. The summed E-state index contributed by atoms with van der Waals surface area (Å²) in [5.74, 6) is -0.854. The highest BCUT2D eigenvalue weighted by Crippen LogP contribution is 2.29. The Morgan fingerprint density at radius 3 is 2.55 bits per heavy atom. The summed E-state index contributed by atoms with van der Waals surface area (Å²) in [6.07, 6.45) is 0.434. The zero-order chi connectivity index (χ0) is 14.5. The molecule has 2 rings (SSSR count). The number of ether oxygens (including phenoxy) is 1. The van der Waals surface area contributed by atoms with Gasteiger partial charge in [0.05, 0.1) is 7.11 Å². The first kappa shape index (κ1) is 14.5. The highest BCUT2D eigenvalue weighted by atomic mass is 16.5. The van der Waals surface area contributed by atoms with Crippen molar-refractivity contribution in [1.29, 1.82) is 0 Å². The van der Waals surface area contributed by atoms with Crippen molar-refractivity contribution in [3.05, 3.63) is 35.9 Å². The fourth-order valence-corrected chi connectivity index (χ4v) is 2.52. The van der Waals surface area contributed by atoms with Crippen LogP contribution in [0.2, 0.25) is 0 Å². The average molecular weight is 277 g/mol. The number of hydrogen-bond donors (Lipinski definition) is 1. The van der Waals surface area contributed by atoms with Gasteiger partial charge in [-0.3, -0.25) is 14.5 Å². The predicted molar refractivity (Wildman–Crippen MR) is 73.4 cm³/mol. The van der Waals surface area contributed by atoms with Crippen molar-refractivity contribution in [1.82, 2.24) is 4.90 Å². The van der Waals surface area contributed by atoms with Crippen molar-refractivity contribution >= 4 is 11.9 Å². The van der Waals surface area contributed by atoms with Gasteiger partial charge in [0.2, 0.25) is 0 Å². The van der Waals surface area contributed by atoms with Gasteiger partial charge in [-0.15, -0.1) is 0 Å². The maximum Gasteiger partial charge on any atom is 0.320 e. The Bertz CT molecular complexity index is 468. The summed E-state index contributed by atoms with van der Waals surface area (Å²) in [6, 6.07) is 9.47. The van der Waals surface area contributed by atoms with Crippen LogP contribution in [0.15, 0.2) is 30.3 Å². The van der Waals surface area contributed by atoms with Crippen molar-refractivity contribution in [2.24, 2.45) is 0 Å². The third-order valence-corrected chi connectivity index (χ3v) is 3.76. The molecular formula is C15H19NO4. The van der Waals surface area contributed by atoms with E-state index in [0.717, 1.165) is 13.1 Å². The fraction of sp³-hybridized carbons (Fsp3) is 0.467. The number of carbonyl (C=O) groups is 2. The van der Waals surface area contributed by atoms with Gasteiger partial charge in [-0.05, 0) is 12.0 Å². The average Bonchev–Trinajstić information content (AvgIpc) is 2.41. The van der Waals surface area contributed by atoms with Gasteiger partial charge in [0, 0.05) is 25.4 Å². The van der Waals surface area contributed by atoms with Gasteiger partial charge in [-0.25, -0.2) is 0 Å². The SMILES string of the molecule is COC(=O)CCC(C(=O)O)N1CC(c2ccccc2)C1. The van der Waals surface area contributed by atoms with E-state index in [0.29, 0.717) is 12.3 Å². The van der Waals surface area contributed by atoms with Crippen LogP contribution in [-0.4, -0.2) is 48.2 Å². The standard InChI is InChI=1S/C15H19NO4/c1-20-14(17)8-7-13(15(18)19)16-9-12(10-16)11-5-3-2-4-6-11/h2-6,12-13H,7-10H2,1H3,(H,18,19). The van der Waals surface area contributed by atoms with E-state index in [1.807, 2.05) is 23.1 Å². The number of benzene rings is 1. The summed E-state index contributed by atoms with van der Waals surface area (Å²) in [5, 5.41) is 9.26. The molecule has 1 fully saturated rings. The number of methoxy groups -OCH3 is 1. The van der Waals surface area contributed by atoms with Crippen LogP contribution < -0.4 is 0 Å². The van der Waals surface area contributed by atoms with E-state index in [1.54, 1.807) is 0 Å². The van der Waals surface area contributed by atoms with Crippen LogP contribution in [0.3, 0.4) is 0 Å². The lowest BCUT2D eigenvalue weighted by molar-refractivity contribution is -0.147. The summed E-state index contributed by atoms with van der Waals surface area (Å²) in [7, 11) is 1.31. The van der Waals surface area contributed by atoms with E-state index in [2.05, 4.69) is 16.9 Å². The number of hydrogen-bond acceptors (Lipinski definition) is 4. The third kappa shape index (κ3) is 3.36. The molecular weight excluding hydrogens is 258 g/mol. The van der Waals surface area contributed by atoms with Gasteiger partial charge < -0.3 is 9.84 Å². The number of rotatable bonds is 6. The summed E-state index contributed by atoms with van der Waals surface area (Å²) < 4.78 is 4.55. The number of carboxylic acid groups (broad SMARTS) is 1. The lowest BCUT2D eigenvalue weighted by Crippen LogP contribution is -2.53. The van der Waals surface area contributed by atoms with Gasteiger partial charge in [-0.1, -0.05) is 30.3 Å². The van der Waals surface area contributed by atoms with E-state index in [-0.39, 0.29) is 12.4 Å². The highest BCUT2D eigenvalue weighted by molar-refractivity contribution is 5.75. The molecule has 1 aromatic carbocycles. The van der Waals surface area contributed by atoms with Crippen molar-refractivity contribution in [2.45, 2.75) is 24.8 Å². The van der Waals surface area contributed by atoms with Crippen LogP contribution in [0, 0.1) is 0 Å². The molecule has 0 spiro atoms. The molecule has 5 nitrogen and oxygen atoms in total. The van der Waals surface area contributed by atoms with E-state index in [1.165, 1.54) is 12.7 Å². The molecule has 1 aliphatic rings. The Balaban J connectivity index is 1.87. The van der Waals surface area contributed by atoms with Crippen LogP contribution in [0.4, 0.5) is 0 Å². The lowest BCUT2D eigenvalue weighted by Gasteiger charge is -2.43. The largest absolute Gasteiger partial charge is 0.480 e. The maximum atomic E-state index is 11.3. The van der Waals surface area contributed by atoms with Crippen molar-refractivity contribution in [2.75, 3.05) is 20.2 Å². The molecule has 108 valence electrons. The first-order chi connectivity index (χ1) is 9.61. The summed E-state index contributed by atoms with van der Waals surface area (Å²) >= 11 is 0. The highest BCUT2D eigenvalue weighted by Gasteiger charge is 2.36. The molecule has 1 aliphatic heterocycles. The lowest BCUT2D eigenvalue weighted by atomic mass is 9.89. The first-order valence-corrected chi connectivity index (χ1v) is 6.70. The van der Waals surface area contributed by atoms with Crippen molar-refractivity contribution in [3.63, 3.8) is 0 Å². The Kier molecular flexibility index (Phi) is 4.74. The zero-order valence-corrected chi connectivity index (χ0v) is 11.5. The monoisotopic (exact) mass is 277 g/mol. The molecule has 1 aromatic rings. The Morgan fingerprint density at radius 2 is 2.00 bits per heavy atom. The minimum atomic E-state index is -0.875. The molecule has 20 heavy (non-hydrogen) atoms. The number of aliphatic carboxylic acids is 1. The van der Waals surface area contributed by atoms with E-state index >= 15 is 0 Å². The molecule has 1 heterocycles. The van der Waals surface area contributed by atoms with Crippen LogP contribution >= 0.6 is 0 Å². The van der Waals surface area contributed by atoms with Gasteiger partial charge in [-0.2, -0.15) is 0 Å². The molecule has 0 aliphatic carbocycles. The molecule has 1 atom stereocenters. The number of likely N-dealkylation sites (tertiary alicyclic amines) is 1.